The normalized spacial score (nSPS) is 30.9. The summed E-state index contributed by atoms with van der Waals surface area (Å²) in [6.07, 6.45) is 6.09. The lowest BCUT2D eigenvalue weighted by molar-refractivity contribution is -0.133. The first kappa shape index (κ1) is 15.7. The molecule has 2 aliphatic rings. The first-order valence-corrected chi connectivity index (χ1v) is 7.99. The minimum Gasteiger partial charge on any atom is -0.374 e. The Bertz CT molecular complexity index is 318. The third-order valence-corrected chi connectivity index (χ3v) is 4.65. The molecule has 0 aromatic carbocycles. The summed E-state index contributed by atoms with van der Waals surface area (Å²) < 4.78 is 5.65. The molecule has 1 saturated carbocycles. The van der Waals surface area contributed by atoms with Gasteiger partial charge in [-0.25, -0.2) is 0 Å². The van der Waals surface area contributed by atoms with Crippen LogP contribution in [0.3, 0.4) is 0 Å². The van der Waals surface area contributed by atoms with Gasteiger partial charge in [0.05, 0.1) is 18.8 Å². The van der Waals surface area contributed by atoms with Gasteiger partial charge in [-0.1, -0.05) is 19.3 Å². The monoisotopic (exact) mass is 283 g/mol. The van der Waals surface area contributed by atoms with Gasteiger partial charge in [0.2, 0.25) is 5.91 Å². The summed E-state index contributed by atoms with van der Waals surface area (Å²) in [5.74, 6) is 0.154. The van der Waals surface area contributed by atoms with Crippen LogP contribution in [-0.2, 0) is 9.53 Å². The molecule has 3 atom stereocenters. The zero-order chi connectivity index (χ0) is 14.5. The van der Waals surface area contributed by atoms with Crippen LogP contribution in [0.15, 0.2) is 0 Å². The maximum Gasteiger partial charge on any atom is 0.237 e. The van der Waals surface area contributed by atoms with Gasteiger partial charge in [0.15, 0.2) is 0 Å². The van der Waals surface area contributed by atoms with E-state index in [-0.39, 0.29) is 24.1 Å². The summed E-state index contributed by atoms with van der Waals surface area (Å²) in [6.45, 7) is 6.02. The van der Waals surface area contributed by atoms with E-state index in [0.717, 1.165) is 19.4 Å². The van der Waals surface area contributed by atoms with E-state index in [2.05, 4.69) is 17.1 Å². The van der Waals surface area contributed by atoms with Crippen LogP contribution >= 0.6 is 0 Å². The Morgan fingerprint density at radius 1 is 1.40 bits per heavy atom. The van der Waals surface area contributed by atoms with E-state index in [1.807, 2.05) is 6.92 Å². The van der Waals surface area contributed by atoms with Crippen LogP contribution in [0.1, 0.15) is 46.0 Å². The Balaban J connectivity index is 1.87. The maximum atomic E-state index is 12.4. The quantitative estimate of drug-likeness (QED) is 0.803. The predicted octanol–water partition coefficient (Wildman–Crippen LogP) is 0.872. The molecule has 2 fully saturated rings. The van der Waals surface area contributed by atoms with Crippen LogP contribution in [0.4, 0.5) is 0 Å². The average Bonchev–Trinajstić information content (AvgIpc) is 2.48. The third-order valence-electron chi connectivity index (χ3n) is 4.65. The van der Waals surface area contributed by atoms with Crippen molar-refractivity contribution in [2.45, 2.75) is 70.2 Å². The van der Waals surface area contributed by atoms with E-state index >= 15 is 0 Å². The van der Waals surface area contributed by atoms with Gasteiger partial charge in [0.1, 0.15) is 0 Å². The molecule has 5 heteroatoms. The Morgan fingerprint density at radius 2 is 2.10 bits per heavy atom. The van der Waals surface area contributed by atoms with Crippen LogP contribution in [0.5, 0.6) is 0 Å². The minimum atomic E-state index is -0.107. The van der Waals surface area contributed by atoms with Crippen molar-refractivity contribution >= 4 is 5.91 Å². The summed E-state index contributed by atoms with van der Waals surface area (Å²) >= 11 is 0. The number of morpholine rings is 1. The Labute approximate surface area is 122 Å². The number of hydrogen-bond acceptors (Lipinski definition) is 4. The second-order valence-electron chi connectivity index (χ2n) is 6.26. The SMILES string of the molecule is CC1COC(CN)CN1C(C)C(=O)NC1CCCCC1. The van der Waals surface area contributed by atoms with Gasteiger partial charge in [0.25, 0.3) is 0 Å². The van der Waals surface area contributed by atoms with Crippen LogP contribution in [0.25, 0.3) is 0 Å². The van der Waals surface area contributed by atoms with Gasteiger partial charge in [-0.3, -0.25) is 9.69 Å². The van der Waals surface area contributed by atoms with Crippen LogP contribution in [-0.4, -0.2) is 54.7 Å². The molecule has 0 aromatic rings. The molecule has 1 heterocycles. The summed E-state index contributed by atoms with van der Waals surface area (Å²) in [6, 6.07) is 0.537. The molecule has 1 amide bonds. The molecule has 3 unspecified atom stereocenters. The summed E-state index contributed by atoms with van der Waals surface area (Å²) in [5.41, 5.74) is 5.68. The van der Waals surface area contributed by atoms with Crippen molar-refractivity contribution in [3.05, 3.63) is 0 Å². The molecule has 0 radical (unpaired) electrons. The first-order valence-electron chi connectivity index (χ1n) is 7.99. The van der Waals surface area contributed by atoms with Crippen LogP contribution in [0, 0.1) is 0 Å². The molecule has 5 nitrogen and oxygen atoms in total. The molecule has 1 aliphatic carbocycles. The van der Waals surface area contributed by atoms with E-state index in [1.54, 1.807) is 0 Å². The predicted molar refractivity (Wildman–Crippen MR) is 79.4 cm³/mol. The van der Waals surface area contributed by atoms with Gasteiger partial charge < -0.3 is 15.8 Å². The van der Waals surface area contributed by atoms with E-state index in [4.69, 9.17) is 10.5 Å². The van der Waals surface area contributed by atoms with E-state index < -0.39 is 0 Å². The fourth-order valence-electron chi connectivity index (χ4n) is 3.24. The lowest BCUT2D eigenvalue weighted by Crippen LogP contribution is -2.58. The molecule has 1 saturated heterocycles. The van der Waals surface area contributed by atoms with Crippen molar-refractivity contribution in [2.75, 3.05) is 19.7 Å². The van der Waals surface area contributed by atoms with E-state index in [1.165, 1.54) is 19.3 Å². The number of carbonyl (C=O) groups is 1. The maximum absolute atomic E-state index is 12.4. The van der Waals surface area contributed by atoms with Crippen molar-refractivity contribution < 1.29 is 9.53 Å². The van der Waals surface area contributed by atoms with Crippen LogP contribution in [0.2, 0.25) is 0 Å². The van der Waals surface area contributed by atoms with E-state index in [9.17, 15) is 4.79 Å². The first-order chi connectivity index (χ1) is 9.61. The van der Waals surface area contributed by atoms with Crippen LogP contribution < -0.4 is 11.1 Å². The highest BCUT2D eigenvalue weighted by Crippen LogP contribution is 2.19. The number of ether oxygens (including phenoxy) is 1. The number of nitrogens with zero attached hydrogens (tertiary/aromatic N) is 1. The highest BCUT2D eigenvalue weighted by Gasteiger charge is 2.32. The standard InChI is InChI=1S/C15H29N3O2/c1-11-10-20-14(8-16)9-18(11)12(2)15(19)17-13-6-4-3-5-7-13/h11-14H,3-10,16H2,1-2H3,(H,17,19). The molecule has 116 valence electrons. The molecule has 0 aromatic heterocycles. The van der Waals surface area contributed by atoms with E-state index in [0.29, 0.717) is 19.2 Å². The number of nitrogens with one attached hydrogen (secondary N) is 1. The molecule has 3 N–H and O–H groups in total. The molecular weight excluding hydrogens is 254 g/mol. The lowest BCUT2D eigenvalue weighted by atomic mass is 9.95. The number of amides is 1. The zero-order valence-electron chi connectivity index (χ0n) is 12.8. The topological polar surface area (TPSA) is 67.6 Å². The average molecular weight is 283 g/mol. The second kappa shape index (κ2) is 7.38. The van der Waals surface area contributed by atoms with Gasteiger partial charge in [0, 0.05) is 25.2 Å². The van der Waals surface area contributed by atoms with Crippen molar-refractivity contribution in [3.8, 4) is 0 Å². The van der Waals surface area contributed by atoms with Gasteiger partial charge in [-0.05, 0) is 26.7 Å². The summed E-state index contributed by atoms with van der Waals surface area (Å²) in [4.78, 5) is 14.6. The Morgan fingerprint density at radius 3 is 2.75 bits per heavy atom. The minimum absolute atomic E-state index is 0.0520. The number of nitrogens with two attached hydrogens (primary N) is 1. The highest BCUT2D eigenvalue weighted by atomic mass is 16.5. The lowest BCUT2D eigenvalue weighted by Gasteiger charge is -2.41. The number of hydrogen-bond donors (Lipinski definition) is 2. The summed E-state index contributed by atoms with van der Waals surface area (Å²) in [7, 11) is 0. The molecular formula is C15H29N3O2. The fraction of sp³-hybridized carbons (Fsp3) is 0.933. The Kier molecular flexibility index (Phi) is 5.81. The highest BCUT2D eigenvalue weighted by molar-refractivity contribution is 5.81. The molecule has 0 bridgehead atoms. The largest absolute Gasteiger partial charge is 0.374 e. The second-order valence-corrected chi connectivity index (χ2v) is 6.26. The van der Waals surface area contributed by atoms with Crippen molar-refractivity contribution in [2.24, 2.45) is 5.73 Å². The summed E-state index contributed by atoms with van der Waals surface area (Å²) in [5, 5.41) is 3.22. The van der Waals surface area contributed by atoms with Gasteiger partial charge in [-0.2, -0.15) is 0 Å². The van der Waals surface area contributed by atoms with Gasteiger partial charge >= 0.3 is 0 Å². The van der Waals surface area contributed by atoms with Crippen molar-refractivity contribution in [1.29, 1.82) is 0 Å². The molecule has 2 rings (SSSR count). The fourth-order valence-corrected chi connectivity index (χ4v) is 3.24. The number of carbonyl (C=O) groups excluding carboxylic acids is 1. The Hall–Kier alpha value is -0.650. The number of rotatable bonds is 4. The van der Waals surface area contributed by atoms with Crippen molar-refractivity contribution in [1.82, 2.24) is 10.2 Å². The smallest absolute Gasteiger partial charge is 0.237 e. The van der Waals surface area contributed by atoms with Gasteiger partial charge in [-0.15, -0.1) is 0 Å². The van der Waals surface area contributed by atoms with Crippen molar-refractivity contribution in [3.63, 3.8) is 0 Å². The zero-order valence-corrected chi connectivity index (χ0v) is 12.8. The third kappa shape index (κ3) is 3.93. The molecule has 1 aliphatic heterocycles. The molecule has 20 heavy (non-hydrogen) atoms. The molecule has 0 spiro atoms.